The first-order valence-corrected chi connectivity index (χ1v) is 18.9. The zero-order valence-corrected chi connectivity index (χ0v) is 30.3. The third-order valence-electron chi connectivity index (χ3n) is 10.8. The van der Waals surface area contributed by atoms with Gasteiger partial charge in [-0.1, -0.05) is 182 Å². The number of nitrogens with zero attached hydrogens (tertiary/aromatic N) is 1. The lowest BCUT2D eigenvalue weighted by Crippen LogP contribution is -2.12. The van der Waals surface area contributed by atoms with Crippen molar-refractivity contribution in [1.82, 2.24) is 0 Å². The van der Waals surface area contributed by atoms with Crippen LogP contribution in [0.4, 0.5) is 17.1 Å². The minimum Gasteiger partial charge on any atom is -0.309 e. The molecule has 0 saturated carbocycles. The molecule has 0 bridgehead atoms. The third kappa shape index (κ3) is 6.02. The molecule has 0 heterocycles. The topological polar surface area (TPSA) is 3.24 Å². The van der Waals surface area contributed by atoms with Gasteiger partial charge in [0.2, 0.25) is 0 Å². The van der Waals surface area contributed by atoms with Crippen molar-refractivity contribution >= 4 is 49.4 Å². The Morgan fingerprint density at radius 3 is 1.45 bits per heavy atom. The lowest BCUT2D eigenvalue weighted by Gasteiger charge is -2.30. The summed E-state index contributed by atoms with van der Waals surface area (Å²) in [5.74, 6) is 0. The van der Waals surface area contributed by atoms with E-state index in [0.29, 0.717) is 0 Å². The van der Waals surface area contributed by atoms with Crippen LogP contribution in [-0.2, 0) is 0 Å². The average Bonchev–Trinajstić information content (AvgIpc) is 3.27. The van der Waals surface area contributed by atoms with Gasteiger partial charge in [0, 0.05) is 16.6 Å². The van der Waals surface area contributed by atoms with Gasteiger partial charge in [0.15, 0.2) is 0 Å². The molecule has 0 spiro atoms. The van der Waals surface area contributed by atoms with Gasteiger partial charge in [-0.15, -0.1) is 0 Å². The molecule has 0 atom stereocenters. The van der Waals surface area contributed by atoms with Gasteiger partial charge in [-0.3, -0.25) is 0 Å². The second-order valence-electron chi connectivity index (χ2n) is 14.1. The van der Waals surface area contributed by atoms with Crippen LogP contribution < -0.4 is 4.90 Å². The summed E-state index contributed by atoms with van der Waals surface area (Å²) in [6, 6.07) is 81.6. The molecular weight excluding hydrogens is 663 g/mol. The number of benzene rings is 10. The van der Waals surface area contributed by atoms with Gasteiger partial charge < -0.3 is 4.90 Å². The SMILES string of the molecule is c1ccc(-c2cc(-c3ccccc3)cc(-c3ccccc3N(c3ccc(-c4cccc5ccccc45)cc3)c3cc4ccccc4c4ccccc34)c2)cc1. The first kappa shape index (κ1) is 32.4. The van der Waals surface area contributed by atoms with Crippen LogP contribution in [0.3, 0.4) is 0 Å². The maximum atomic E-state index is 2.47. The fourth-order valence-corrected chi connectivity index (χ4v) is 8.19. The van der Waals surface area contributed by atoms with Crippen molar-refractivity contribution in [3.8, 4) is 44.5 Å². The van der Waals surface area contributed by atoms with Gasteiger partial charge in [0.25, 0.3) is 0 Å². The predicted molar refractivity (Wildman–Crippen MR) is 235 cm³/mol. The van der Waals surface area contributed by atoms with Gasteiger partial charge in [-0.25, -0.2) is 0 Å². The molecule has 258 valence electrons. The number of hydrogen-bond donors (Lipinski definition) is 0. The van der Waals surface area contributed by atoms with E-state index < -0.39 is 0 Å². The van der Waals surface area contributed by atoms with Crippen molar-refractivity contribution in [2.45, 2.75) is 0 Å². The summed E-state index contributed by atoms with van der Waals surface area (Å²) in [5.41, 5.74) is 12.9. The summed E-state index contributed by atoms with van der Waals surface area (Å²) in [6.45, 7) is 0. The van der Waals surface area contributed by atoms with Crippen LogP contribution in [0.1, 0.15) is 0 Å². The molecule has 1 heteroatoms. The zero-order chi connectivity index (χ0) is 36.6. The molecule has 0 radical (unpaired) electrons. The van der Waals surface area contributed by atoms with Crippen LogP contribution in [0, 0.1) is 0 Å². The number of para-hydroxylation sites is 1. The zero-order valence-electron chi connectivity index (χ0n) is 30.3. The van der Waals surface area contributed by atoms with Crippen LogP contribution in [0.5, 0.6) is 0 Å². The number of fused-ring (bicyclic) bond motifs is 4. The molecule has 0 N–H and O–H groups in total. The first-order valence-electron chi connectivity index (χ1n) is 18.9. The summed E-state index contributed by atoms with van der Waals surface area (Å²) < 4.78 is 0. The summed E-state index contributed by atoms with van der Waals surface area (Å²) in [6.07, 6.45) is 0. The fourth-order valence-electron chi connectivity index (χ4n) is 8.19. The van der Waals surface area contributed by atoms with E-state index >= 15 is 0 Å². The van der Waals surface area contributed by atoms with Crippen LogP contribution in [-0.4, -0.2) is 0 Å². The molecule has 10 aromatic rings. The smallest absolute Gasteiger partial charge is 0.0546 e. The van der Waals surface area contributed by atoms with Crippen molar-refractivity contribution in [2.24, 2.45) is 0 Å². The number of anilines is 3. The maximum Gasteiger partial charge on any atom is 0.0546 e. The van der Waals surface area contributed by atoms with Crippen molar-refractivity contribution < 1.29 is 0 Å². The highest BCUT2D eigenvalue weighted by atomic mass is 15.1. The summed E-state index contributed by atoms with van der Waals surface area (Å²) in [4.78, 5) is 2.47. The van der Waals surface area contributed by atoms with E-state index in [1.165, 1.54) is 71.3 Å². The predicted octanol–water partition coefficient (Wildman–Crippen LogP) is 15.3. The van der Waals surface area contributed by atoms with Crippen molar-refractivity contribution in [3.63, 3.8) is 0 Å². The Morgan fingerprint density at radius 1 is 0.236 bits per heavy atom. The van der Waals surface area contributed by atoms with Crippen molar-refractivity contribution in [3.05, 3.63) is 224 Å². The van der Waals surface area contributed by atoms with Gasteiger partial charge in [0.05, 0.1) is 11.4 Å². The van der Waals surface area contributed by atoms with E-state index in [1.54, 1.807) is 0 Å². The molecule has 55 heavy (non-hydrogen) atoms. The highest BCUT2D eigenvalue weighted by Crippen LogP contribution is 2.46. The van der Waals surface area contributed by atoms with Gasteiger partial charge in [0.1, 0.15) is 0 Å². The Morgan fingerprint density at radius 2 is 0.745 bits per heavy atom. The van der Waals surface area contributed by atoms with E-state index in [-0.39, 0.29) is 0 Å². The van der Waals surface area contributed by atoms with E-state index in [4.69, 9.17) is 0 Å². The summed E-state index contributed by atoms with van der Waals surface area (Å²) in [5, 5.41) is 7.41. The third-order valence-corrected chi connectivity index (χ3v) is 10.8. The Balaban J connectivity index is 1.22. The molecule has 0 amide bonds. The lowest BCUT2D eigenvalue weighted by atomic mass is 9.92. The van der Waals surface area contributed by atoms with E-state index in [0.717, 1.165) is 22.6 Å². The minimum atomic E-state index is 1.10. The van der Waals surface area contributed by atoms with Gasteiger partial charge >= 0.3 is 0 Å². The summed E-state index contributed by atoms with van der Waals surface area (Å²) >= 11 is 0. The Hall–Kier alpha value is -7.22. The molecule has 0 fully saturated rings. The number of hydrogen-bond acceptors (Lipinski definition) is 1. The van der Waals surface area contributed by atoms with Crippen molar-refractivity contribution in [1.29, 1.82) is 0 Å². The van der Waals surface area contributed by atoms with E-state index in [2.05, 4.69) is 229 Å². The van der Waals surface area contributed by atoms with E-state index in [1.807, 2.05) is 0 Å². The summed E-state index contributed by atoms with van der Waals surface area (Å²) in [7, 11) is 0. The molecule has 10 rings (SSSR count). The first-order chi connectivity index (χ1) is 27.3. The Labute approximate surface area is 322 Å². The quantitative estimate of drug-likeness (QED) is 0.150. The molecule has 0 aliphatic rings. The largest absolute Gasteiger partial charge is 0.309 e. The molecule has 1 nitrogen and oxygen atoms in total. The monoisotopic (exact) mass is 699 g/mol. The molecule has 10 aromatic carbocycles. The second-order valence-corrected chi connectivity index (χ2v) is 14.1. The van der Waals surface area contributed by atoms with E-state index in [9.17, 15) is 0 Å². The standard InChI is InChI=1S/C54H37N/c1-3-16-38(17-4-1)43-34-44(39-18-5-2-6-19-39)36-45(35-43)50-25-13-14-29-53(50)55(54-37-42-21-8-10-24-49(42)51-26-11-12-27-52(51)54)46-32-30-41(31-33-46)48-28-15-22-40-20-7-9-23-47(40)48/h1-37H. The maximum absolute atomic E-state index is 2.47. The normalized spacial score (nSPS) is 11.3. The molecule has 0 saturated heterocycles. The van der Waals surface area contributed by atoms with Crippen molar-refractivity contribution in [2.75, 3.05) is 4.90 Å². The number of rotatable bonds is 7. The van der Waals surface area contributed by atoms with Crippen LogP contribution in [0.2, 0.25) is 0 Å². The van der Waals surface area contributed by atoms with Gasteiger partial charge in [-0.2, -0.15) is 0 Å². The highest BCUT2D eigenvalue weighted by Gasteiger charge is 2.21. The van der Waals surface area contributed by atoms with Gasteiger partial charge in [-0.05, 0) is 108 Å². The molecule has 0 unspecified atom stereocenters. The van der Waals surface area contributed by atoms with Crippen LogP contribution >= 0.6 is 0 Å². The highest BCUT2D eigenvalue weighted by molar-refractivity contribution is 6.15. The molecule has 0 aliphatic heterocycles. The second kappa shape index (κ2) is 14.0. The molecule has 0 aliphatic carbocycles. The van der Waals surface area contributed by atoms with Crippen LogP contribution in [0.25, 0.3) is 76.8 Å². The molecule has 0 aromatic heterocycles. The lowest BCUT2D eigenvalue weighted by molar-refractivity contribution is 1.30. The average molecular weight is 700 g/mol. The molecular formula is C54H37N. The fraction of sp³-hybridized carbons (Fsp3) is 0. The Bertz CT molecular complexity index is 2900. The minimum absolute atomic E-state index is 1.10. The van der Waals surface area contributed by atoms with Crippen LogP contribution in [0.15, 0.2) is 224 Å². The Kier molecular flexibility index (Phi) is 8.24.